The summed E-state index contributed by atoms with van der Waals surface area (Å²) in [7, 11) is 0. The molecule has 0 aliphatic heterocycles. The molecule has 1 amide bonds. The zero-order valence-electron chi connectivity index (χ0n) is 8.78. The molecule has 1 N–H and O–H groups in total. The number of hydrogen-bond acceptors (Lipinski definition) is 2. The van der Waals surface area contributed by atoms with E-state index in [0.717, 1.165) is 6.20 Å². The second-order valence-electron chi connectivity index (χ2n) is 3.06. The lowest BCUT2D eigenvalue weighted by molar-refractivity contribution is 0.0952. The van der Waals surface area contributed by atoms with E-state index in [4.69, 9.17) is 0 Å². The first-order chi connectivity index (χ1) is 7.65. The highest BCUT2D eigenvalue weighted by Crippen LogP contribution is 2.16. The molecule has 0 saturated carbocycles. The lowest BCUT2D eigenvalue weighted by atomic mass is 10.2. The van der Waals surface area contributed by atoms with Gasteiger partial charge in [0.15, 0.2) is 0 Å². The molecule has 0 aromatic carbocycles. The van der Waals surface area contributed by atoms with Gasteiger partial charge < -0.3 is 5.32 Å². The monoisotopic (exact) mass is 226 g/mol. The minimum atomic E-state index is -2.56. The quantitative estimate of drug-likeness (QED) is 0.800. The average Bonchev–Trinajstić information content (AvgIpc) is 2.29. The summed E-state index contributed by atoms with van der Waals surface area (Å²) in [6, 6.07) is 2.48. The first kappa shape index (κ1) is 12.3. The molecule has 1 rings (SSSR count). The van der Waals surface area contributed by atoms with Crippen molar-refractivity contribution < 1.29 is 13.6 Å². The molecule has 0 aliphatic rings. The van der Waals surface area contributed by atoms with E-state index >= 15 is 0 Å². The lowest BCUT2D eigenvalue weighted by Crippen LogP contribution is -2.24. The molecule has 0 bridgehead atoms. The number of halogens is 2. The van der Waals surface area contributed by atoms with E-state index in [1.165, 1.54) is 12.1 Å². The molecule has 3 nitrogen and oxygen atoms in total. The van der Waals surface area contributed by atoms with Crippen molar-refractivity contribution in [3.8, 4) is 0 Å². The third kappa shape index (κ3) is 3.42. The van der Waals surface area contributed by atoms with Gasteiger partial charge in [-0.25, -0.2) is 8.78 Å². The van der Waals surface area contributed by atoms with E-state index in [0.29, 0.717) is 6.54 Å². The van der Waals surface area contributed by atoms with Gasteiger partial charge in [0.1, 0.15) is 5.69 Å². The minimum Gasteiger partial charge on any atom is -0.347 e. The molecular formula is C11H12F2N2O. The topological polar surface area (TPSA) is 42.0 Å². The average molecular weight is 226 g/mol. The Bertz CT molecular complexity index is 374. The van der Waals surface area contributed by atoms with Crippen molar-refractivity contribution in [2.45, 2.75) is 13.3 Å². The Hall–Kier alpha value is -1.78. The zero-order valence-corrected chi connectivity index (χ0v) is 8.78. The fraction of sp³-hybridized carbons (Fsp3) is 0.273. The van der Waals surface area contributed by atoms with Crippen molar-refractivity contribution in [1.29, 1.82) is 0 Å². The molecular weight excluding hydrogens is 214 g/mol. The molecule has 0 unspecified atom stereocenters. The maximum absolute atomic E-state index is 12.2. The zero-order chi connectivity index (χ0) is 12.0. The van der Waals surface area contributed by atoms with Crippen molar-refractivity contribution in [3.63, 3.8) is 0 Å². The minimum absolute atomic E-state index is 0.133. The van der Waals surface area contributed by atoms with Crippen LogP contribution in [0.1, 0.15) is 29.4 Å². The fourth-order valence-corrected chi connectivity index (χ4v) is 1.03. The summed E-state index contributed by atoms with van der Waals surface area (Å²) in [5.41, 5.74) is -0.0566. The Morgan fingerprint density at radius 2 is 2.31 bits per heavy atom. The molecule has 86 valence electrons. The van der Waals surface area contributed by atoms with Crippen LogP contribution in [-0.2, 0) is 0 Å². The van der Waals surface area contributed by atoms with E-state index < -0.39 is 6.43 Å². The Kier molecular flexibility index (Phi) is 4.57. The number of rotatable bonds is 4. The predicted molar refractivity (Wildman–Crippen MR) is 56.3 cm³/mol. The first-order valence-corrected chi connectivity index (χ1v) is 4.78. The predicted octanol–water partition coefficient (Wildman–Crippen LogP) is 2.33. The van der Waals surface area contributed by atoms with Crippen LogP contribution >= 0.6 is 0 Å². The van der Waals surface area contributed by atoms with Crippen LogP contribution in [0.25, 0.3) is 0 Å². The van der Waals surface area contributed by atoms with Gasteiger partial charge in [0, 0.05) is 18.3 Å². The third-order valence-electron chi connectivity index (χ3n) is 1.89. The molecule has 1 aromatic rings. The second-order valence-corrected chi connectivity index (χ2v) is 3.06. The SMILES string of the molecule is C/C=C/CNC(=O)c1ccc(C(F)F)cn1. The van der Waals surface area contributed by atoms with Gasteiger partial charge in [-0.15, -0.1) is 0 Å². The summed E-state index contributed by atoms with van der Waals surface area (Å²) in [5.74, 6) is -0.376. The molecule has 1 heterocycles. The Morgan fingerprint density at radius 1 is 1.56 bits per heavy atom. The molecule has 16 heavy (non-hydrogen) atoms. The van der Waals surface area contributed by atoms with Gasteiger partial charge in [-0.1, -0.05) is 12.2 Å². The number of carbonyl (C=O) groups excluding carboxylic acids is 1. The van der Waals surface area contributed by atoms with Crippen LogP contribution in [0.4, 0.5) is 8.78 Å². The highest BCUT2D eigenvalue weighted by atomic mass is 19.3. The molecule has 0 fully saturated rings. The normalized spacial score (nSPS) is 11.0. The number of aromatic nitrogens is 1. The van der Waals surface area contributed by atoms with Crippen LogP contribution in [0.15, 0.2) is 30.5 Å². The summed E-state index contributed by atoms with van der Waals surface area (Å²) in [6.45, 7) is 2.23. The maximum Gasteiger partial charge on any atom is 0.270 e. The molecule has 0 saturated heterocycles. The van der Waals surface area contributed by atoms with Crippen LogP contribution in [0.3, 0.4) is 0 Å². The number of amides is 1. The van der Waals surface area contributed by atoms with Gasteiger partial charge in [0.2, 0.25) is 0 Å². The number of nitrogens with one attached hydrogen (secondary N) is 1. The smallest absolute Gasteiger partial charge is 0.270 e. The molecule has 0 atom stereocenters. The molecule has 1 aromatic heterocycles. The first-order valence-electron chi connectivity index (χ1n) is 4.78. The van der Waals surface area contributed by atoms with Gasteiger partial charge >= 0.3 is 0 Å². The number of nitrogens with zero attached hydrogens (tertiary/aromatic N) is 1. The number of hydrogen-bond donors (Lipinski definition) is 1. The number of pyridine rings is 1. The van der Waals surface area contributed by atoms with E-state index in [-0.39, 0.29) is 17.2 Å². The van der Waals surface area contributed by atoms with Crippen LogP contribution in [-0.4, -0.2) is 17.4 Å². The highest BCUT2D eigenvalue weighted by molar-refractivity contribution is 5.92. The molecule has 0 radical (unpaired) electrons. The van der Waals surface area contributed by atoms with E-state index in [9.17, 15) is 13.6 Å². The Morgan fingerprint density at radius 3 is 2.81 bits per heavy atom. The standard InChI is InChI=1S/C11H12F2N2O/c1-2-3-6-14-11(16)9-5-4-8(7-15-9)10(12)13/h2-5,7,10H,6H2,1H3,(H,14,16)/b3-2+. The highest BCUT2D eigenvalue weighted by Gasteiger charge is 2.10. The van der Waals surface area contributed by atoms with Crippen LogP contribution in [0.5, 0.6) is 0 Å². The lowest BCUT2D eigenvalue weighted by Gasteiger charge is -2.02. The van der Waals surface area contributed by atoms with Crippen molar-refractivity contribution in [3.05, 3.63) is 41.7 Å². The van der Waals surface area contributed by atoms with Crippen molar-refractivity contribution in [2.75, 3.05) is 6.54 Å². The van der Waals surface area contributed by atoms with E-state index in [1.807, 2.05) is 6.92 Å². The largest absolute Gasteiger partial charge is 0.347 e. The van der Waals surface area contributed by atoms with Gasteiger partial charge in [-0.3, -0.25) is 9.78 Å². The van der Waals surface area contributed by atoms with Crippen LogP contribution in [0, 0.1) is 0 Å². The van der Waals surface area contributed by atoms with Crippen molar-refractivity contribution in [1.82, 2.24) is 10.3 Å². The third-order valence-corrected chi connectivity index (χ3v) is 1.89. The van der Waals surface area contributed by atoms with E-state index in [1.54, 1.807) is 12.2 Å². The number of alkyl halides is 2. The summed E-state index contributed by atoms with van der Waals surface area (Å²) >= 11 is 0. The summed E-state index contributed by atoms with van der Waals surface area (Å²) < 4.78 is 24.4. The Balaban J connectivity index is 2.63. The summed E-state index contributed by atoms with van der Waals surface area (Å²) in [6.07, 6.45) is 2.02. The van der Waals surface area contributed by atoms with Gasteiger partial charge in [0.05, 0.1) is 0 Å². The molecule has 0 spiro atoms. The fourth-order valence-electron chi connectivity index (χ4n) is 1.03. The maximum atomic E-state index is 12.2. The van der Waals surface area contributed by atoms with Crippen molar-refractivity contribution in [2.24, 2.45) is 0 Å². The molecule has 0 aliphatic carbocycles. The number of allylic oxidation sites excluding steroid dienone is 1. The number of carbonyl (C=O) groups is 1. The van der Waals surface area contributed by atoms with Gasteiger partial charge in [0.25, 0.3) is 12.3 Å². The molecule has 5 heteroatoms. The van der Waals surface area contributed by atoms with Crippen LogP contribution in [0.2, 0.25) is 0 Å². The van der Waals surface area contributed by atoms with Gasteiger partial charge in [-0.05, 0) is 19.1 Å². The second kappa shape index (κ2) is 5.95. The Labute approximate surface area is 92.2 Å². The summed E-state index contributed by atoms with van der Waals surface area (Å²) in [5, 5.41) is 2.57. The van der Waals surface area contributed by atoms with Crippen LogP contribution < -0.4 is 5.32 Å². The van der Waals surface area contributed by atoms with E-state index in [2.05, 4.69) is 10.3 Å². The van der Waals surface area contributed by atoms with Gasteiger partial charge in [-0.2, -0.15) is 0 Å². The summed E-state index contributed by atoms with van der Waals surface area (Å²) in [4.78, 5) is 15.1. The van der Waals surface area contributed by atoms with Crippen molar-refractivity contribution >= 4 is 5.91 Å².